The number of fused-ring (bicyclic) bond motifs is 1. The first kappa shape index (κ1) is 15.3. The highest BCUT2D eigenvalue weighted by Gasteiger charge is 2.13. The van der Waals surface area contributed by atoms with E-state index >= 15 is 0 Å². The highest BCUT2D eigenvalue weighted by Crippen LogP contribution is 2.32. The number of hydrogen-bond acceptors (Lipinski definition) is 7. The molecule has 2 heterocycles. The van der Waals surface area contributed by atoms with Gasteiger partial charge in [0.2, 0.25) is 18.7 Å². The van der Waals surface area contributed by atoms with Gasteiger partial charge >= 0.3 is 0 Å². The second-order valence-corrected chi connectivity index (χ2v) is 5.40. The van der Waals surface area contributed by atoms with Crippen LogP contribution in [0, 0.1) is 0 Å². The fraction of sp³-hybridized carbons (Fsp3) is 0.438. The molecule has 7 heteroatoms. The van der Waals surface area contributed by atoms with Crippen LogP contribution in [0.25, 0.3) is 0 Å². The van der Waals surface area contributed by atoms with Crippen LogP contribution in [-0.2, 0) is 12.8 Å². The summed E-state index contributed by atoms with van der Waals surface area (Å²) in [7, 11) is 0. The monoisotopic (exact) mass is 315 g/mol. The standard InChI is InChI=1S/C16H21N5O2/c1-2-3-4-14-19-15(17)21-16(20-14)18-8-7-11-5-6-12-13(9-11)23-10-22-12/h5-6,9H,2-4,7-8,10H2,1H3,(H3,17,18,19,20,21). The van der Waals surface area contributed by atoms with E-state index in [0.717, 1.165) is 48.6 Å². The van der Waals surface area contributed by atoms with Crippen LogP contribution in [0.3, 0.4) is 0 Å². The zero-order valence-electron chi connectivity index (χ0n) is 13.2. The summed E-state index contributed by atoms with van der Waals surface area (Å²) in [6, 6.07) is 5.96. The Morgan fingerprint density at radius 2 is 2.00 bits per heavy atom. The molecule has 0 spiro atoms. The van der Waals surface area contributed by atoms with Crippen molar-refractivity contribution in [3.63, 3.8) is 0 Å². The summed E-state index contributed by atoms with van der Waals surface area (Å²) in [4.78, 5) is 12.7. The van der Waals surface area contributed by atoms with Crippen LogP contribution >= 0.6 is 0 Å². The van der Waals surface area contributed by atoms with E-state index in [1.54, 1.807) is 0 Å². The van der Waals surface area contributed by atoms with Crippen molar-refractivity contribution in [2.45, 2.75) is 32.6 Å². The molecule has 122 valence electrons. The minimum absolute atomic E-state index is 0.261. The van der Waals surface area contributed by atoms with E-state index in [-0.39, 0.29) is 5.95 Å². The molecule has 0 atom stereocenters. The molecule has 7 nitrogen and oxygen atoms in total. The number of ether oxygens (including phenoxy) is 2. The predicted molar refractivity (Wildman–Crippen MR) is 87.6 cm³/mol. The molecule has 23 heavy (non-hydrogen) atoms. The Bertz CT molecular complexity index is 678. The number of rotatable bonds is 7. The minimum Gasteiger partial charge on any atom is -0.454 e. The first-order valence-electron chi connectivity index (χ1n) is 7.87. The number of nitrogens with two attached hydrogens (primary N) is 1. The molecule has 0 saturated heterocycles. The molecule has 1 aromatic heterocycles. The maximum absolute atomic E-state index is 5.74. The van der Waals surface area contributed by atoms with Gasteiger partial charge in [0.15, 0.2) is 11.5 Å². The van der Waals surface area contributed by atoms with Gasteiger partial charge in [-0.3, -0.25) is 0 Å². The number of unbranched alkanes of at least 4 members (excludes halogenated alkanes) is 1. The summed E-state index contributed by atoms with van der Waals surface area (Å²) in [5.41, 5.74) is 6.90. The second kappa shape index (κ2) is 7.13. The van der Waals surface area contributed by atoms with E-state index in [9.17, 15) is 0 Å². The van der Waals surface area contributed by atoms with Gasteiger partial charge in [0, 0.05) is 13.0 Å². The van der Waals surface area contributed by atoms with Crippen molar-refractivity contribution in [1.82, 2.24) is 15.0 Å². The van der Waals surface area contributed by atoms with Gasteiger partial charge in [-0.15, -0.1) is 0 Å². The number of hydrogen-bond donors (Lipinski definition) is 2. The highest BCUT2D eigenvalue weighted by molar-refractivity contribution is 5.44. The number of anilines is 2. The number of nitrogens with one attached hydrogen (secondary N) is 1. The molecule has 0 fully saturated rings. The van der Waals surface area contributed by atoms with Gasteiger partial charge in [-0.25, -0.2) is 0 Å². The first-order valence-corrected chi connectivity index (χ1v) is 7.87. The fourth-order valence-electron chi connectivity index (χ4n) is 2.38. The average molecular weight is 315 g/mol. The zero-order chi connectivity index (χ0) is 16.1. The van der Waals surface area contributed by atoms with Crippen molar-refractivity contribution >= 4 is 11.9 Å². The molecular formula is C16H21N5O2. The van der Waals surface area contributed by atoms with Crippen molar-refractivity contribution in [3.8, 4) is 11.5 Å². The zero-order valence-corrected chi connectivity index (χ0v) is 13.2. The predicted octanol–water partition coefficient (Wildman–Crippen LogP) is 2.18. The van der Waals surface area contributed by atoms with Crippen LogP contribution in [0.1, 0.15) is 31.2 Å². The van der Waals surface area contributed by atoms with Crippen LogP contribution in [0.15, 0.2) is 18.2 Å². The van der Waals surface area contributed by atoms with E-state index in [2.05, 4.69) is 27.2 Å². The van der Waals surface area contributed by atoms with Crippen molar-refractivity contribution in [1.29, 1.82) is 0 Å². The molecule has 0 unspecified atom stereocenters. The molecule has 2 aromatic rings. The van der Waals surface area contributed by atoms with Crippen molar-refractivity contribution in [2.24, 2.45) is 0 Å². The van der Waals surface area contributed by atoms with Gasteiger partial charge < -0.3 is 20.5 Å². The summed E-state index contributed by atoms with van der Waals surface area (Å²) in [6.45, 7) is 3.13. The molecule has 0 bridgehead atoms. The lowest BCUT2D eigenvalue weighted by Gasteiger charge is -2.07. The number of aromatic nitrogens is 3. The van der Waals surface area contributed by atoms with Crippen LogP contribution in [0.4, 0.5) is 11.9 Å². The Kier molecular flexibility index (Phi) is 4.75. The maximum atomic E-state index is 5.74. The largest absolute Gasteiger partial charge is 0.454 e. The van der Waals surface area contributed by atoms with E-state index in [1.165, 1.54) is 0 Å². The Labute approximate surface area is 135 Å². The summed E-state index contributed by atoms with van der Waals surface area (Å²) >= 11 is 0. The maximum Gasteiger partial charge on any atom is 0.231 e. The van der Waals surface area contributed by atoms with Crippen molar-refractivity contribution < 1.29 is 9.47 Å². The fourth-order valence-corrected chi connectivity index (χ4v) is 2.38. The van der Waals surface area contributed by atoms with E-state index in [4.69, 9.17) is 15.2 Å². The van der Waals surface area contributed by atoms with E-state index in [0.29, 0.717) is 19.3 Å². The third-order valence-corrected chi connectivity index (χ3v) is 3.59. The van der Waals surface area contributed by atoms with Gasteiger partial charge in [0.25, 0.3) is 0 Å². The van der Waals surface area contributed by atoms with E-state index in [1.807, 2.05) is 18.2 Å². The molecule has 0 amide bonds. The third-order valence-electron chi connectivity index (χ3n) is 3.59. The van der Waals surface area contributed by atoms with Gasteiger partial charge in [-0.1, -0.05) is 19.4 Å². The second-order valence-electron chi connectivity index (χ2n) is 5.40. The Balaban J connectivity index is 1.57. The lowest BCUT2D eigenvalue weighted by atomic mass is 10.1. The molecule has 0 saturated carbocycles. The van der Waals surface area contributed by atoms with Crippen molar-refractivity contribution in [2.75, 3.05) is 24.4 Å². The third kappa shape index (κ3) is 4.00. The van der Waals surface area contributed by atoms with Crippen LogP contribution in [0.2, 0.25) is 0 Å². The van der Waals surface area contributed by atoms with Crippen molar-refractivity contribution in [3.05, 3.63) is 29.6 Å². The molecule has 0 radical (unpaired) electrons. The lowest BCUT2D eigenvalue weighted by molar-refractivity contribution is 0.174. The normalized spacial score (nSPS) is 12.4. The van der Waals surface area contributed by atoms with Gasteiger partial charge in [-0.2, -0.15) is 15.0 Å². The average Bonchev–Trinajstić information content (AvgIpc) is 3.00. The molecule has 3 N–H and O–H groups in total. The summed E-state index contributed by atoms with van der Waals surface area (Å²) < 4.78 is 10.7. The number of nitrogen functional groups attached to an aromatic ring is 1. The molecule has 1 aromatic carbocycles. The molecular weight excluding hydrogens is 294 g/mol. The van der Waals surface area contributed by atoms with Gasteiger partial charge in [0.05, 0.1) is 0 Å². The number of aryl methyl sites for hydroxylation is 1. The van der Waals surface area contributed by atoms with Gasteiger partial charge in [0.1, 0.15) is 5.82 Å². The summed E-state index contributed by atoms with van der Waals surface area (Å²) in [5, 5.41) is 3.20. The van der Waals surface area contributed by atoms with Crippen LogP contribution in [-0.4, -0.2) is 28.3 Å². The summed E-state index contributed by atoms with van der Waals surface area (Å²) in [6.07, 6.45) is 3.78. The topological polar surface area (TPSA) is 95.2 Å². The number of nitrogens with zero attached hydrogens (tertiary/aromatic N) is 3. The van der Waals surface area contributed by atoms with E-state index < -0.39 is 0 Å². The van der Waals surface area contributed by atoms with Crippen LogP contribution < -0.4 is 20.5 Å². The SMILES string of the molecule is CCCCc1nc(N)nc(NCCc2ccc3c(c2)OCO3)n1. The Morgan fingerprint density at radius 3 is 2.87 bits per heavy atom. The lowest BCUT2D eigenvalue weighted by Crippen LogP contribution is -2.12. The first-order chi connectivity index (χ1) is 11.2. The molecule has 3 rings (SSSR count). The minimum atomic E-state index is 0.261. The number of benzene rings is 1. The Morgan fingerprint density at radius 1 is 1.13 bits per heavy atom. The quantitative estimate of drug-likeness (QED) is 0.808. The van der Waals surface area contributed by atoms with Crippen LogP contribution in [0.5, 0.6) is 11.5 Å². The summed E-state index contributed by atoms with van der Waals surface area (Å²) in [5.74, 6) is 3.13. The molecule has 1 aliphatic rings. The van der Waals surface area contributed by atoms with Gasteiger partial charge in [-0.05, 0) is 30.5 Å². The molecule has 1 aliphatic heterocycles. The smallest absolute Gasteiger partial charge is 0.231 e. The Hall–Kier alpha value is -2.57. The molecule has 0 aliphatic carbocycles. The highest BCUT2D eigenvalue weighted by atomic mass is 16.7.